The van der Waals surface area contributed by atoms with Crippen LogP contribution in [0.1, 0.15) is 219 Å². The van der Waals surface area contributed by atoms with Gasteiger partial charge in [-0.3, -0.25) is 4.79 Å². The zero-order valence-electron chi connectivity index (χ0n) is 29.0. The molecule has 0 aliphatic heterocycles. The Morgan fingerprint density at radius 1 is 0.381 bits per heavy atom. The SMILES string of the molecule is CCCCCCCC/C=C/CCCCCCCCCCCC(=O)OCCCCCCCC/C=C/CCCCCCCC. The Kier molecular flexibility index (Phi) is 37.0. The molecule has 0 spiro atoms. The normalized spacial score (nSPS) is 11.8. The van der Waals surface area contributed by atoms with Gasteiger partial charge in [-0.1, -0.05) is 173 Å². The van der Waals surface area contributed by atoms with Crippen LogP contribution in [0.3, 0.4) is 0 Å². The molecule has 0 aromatic rings. The molecule has 0 aliphatic carbocycles. The monoisotopic (exact) mass is 589 g/mol. The van der Waals surface area contributed by atoms with E-state index in [1.807, 2.05) is 0 Å². The van der Waals surface area contributed by atoms with E-state index in [0.717, 1.165) is 12.8 Å². The zero-order chi connectivity index (χ0) is 30.4. The number of rotatable bonds is 35. The fourth-order valence-electron chi connectivity index (χ4n) is 5.65. The molecule has 0 bridgehead atoms. The first-order valence-corrected chi connectivity index (χ1v) is 19.3. The molecule has 0 unspecified atom stereocenters. The minimum Gasteiger partial charge on any atom is -0.466 e. The topological polar surface area (TPSA) is 26.3 Å². The summed E-state index contributed by atoms with van der Waals surface area (Å²) in [6.45, 7) is 5.19. The molecule has 0 aromatic heterocycles. The molecular weight excluding hydrogens is 512 g/mol. The third-order valence-electron chi connectivity index (χ3n) is 8.56. The van der Waals surface area contributed by atoms with E-state index in [2.05, 4.69) is 38.2 Å². The second-order valence-corrected chi connectivity index (χ2v) is 12.9. The van der Waals surface area contributed by atoms with Crippen molar-refractivity contribution in [3.63, 3.8) is 0 Å². The smallest absolute Gasteiger partial charge is 0.305 e. The standard InChI is InChI=1S/C40H76O2/c1-3-5-7-9-11-13-15-17-19-21-22-23-24-26-28-30-32-34-36-38-40(41)42-39-37-35-33-31-29-27-25-20-18-16-14-12-10-8-6-4-2/h17-20H,3-16,21-39H2,1-2H3/b19-17+,20-18+. The summed E-state index contributed by atoms with van der Waals surface area (Å²) in [6, 6.07) is 0. The molecule has 0 radical (unpaired) electrons. The summed E-state index contributed by atoms with van der Waals surface area (Å²) in [5.41, 5.74) is 0. The van der Waals surface area contributed by atoms with Crippen LogP contribution in [0.15, 0.2) is 24.3 Å². The highest BCUT2D eigenvalue weighted by Gasteiger charge is 2.02. The maximum atomic E-state index is 12.0. The number of hydrogen-bond donors (Lipinski definition) is 0. The first kappa shape index (κ1) is 41.0. The van der Waals surface area contributed by atoms with Crippen molar-refractivity contribution in [1.29, 1.82) is 0 Å². The molecule has 248 valence electrons. The Balaban J connectivity index is 3.21. The number of allylic oxidation sites excluding steroid dienone is 4. The summed E-state index contributed by atoms with van der Waals surface area (Å²) >= 11 is 0. The Morgan fingerprint density at radius 2 is 0.667 bits per heavy atom. The van der Waals surface area contributed by atoms with Gasteiger partial charge in [0.2, 0.25) is 0 Å². The number of hydrogen-bond acceptors (Lipinski definition) is 2. The molecule has 0 saturated carbocycles. The van der Waals surface area contributed by atoms with Crippen LogP contribution in [0.2, 0.25) is 0 Å². The average molecular weight is 589 g/mol. The molecule has 0 N–H and O–H groups in total. The van der Waals surface area contributed by atoms with Gasteiger partial charge in [-0.15, -0.1) is 0 Å². The van der Waals surface area contributed by atoms with Crippen molar-refractivity contribution in [2.75, 3.05) is 6.61 Å². The quantitative estimate of drug-likeness (QED) is 0.0418. The number of ether oxygens (including phenoxy) is 1. The lowest BCUT2D eigenvalue weighted by atomic mass is 10.1. The predicted octanol–water partition coefficient (Wildman–Crippen LogP) is 14.2. The van der Waals surface area contributed by atoms with Gasteiger partial charge in [0.15, 0.2) is 0 Å². The Hall–Kier alpha value is -1.05. The van der Waals surface area contributed by atoms with Gasteiger partial charge in [-0.2, -0.15) is 0 Å². The highest BCUT2D eigenvalue weighted by atomic mass is 16.5. The molecule has 0 aromatic carbocycles. The molecule has 2 heteroatoms. The van der Waals surface area contributed by atoms with Crippen LogP contribution in [-0.2, 0) is 9.53 Å². The summed E-state index contributed by atoms with van der Waals surface area (Å²) < 4.78 is 5.45. The largest absolute Gasteiger partial charge is 0.466 e. The van der Waals surface area contributed by atoms with Crippen LogP contribution < -0.4 is 0 Å². The van der Waals surface area contributed by atoms with E-state index in [-0.39, 0.29) is 5.97 Å². The number of carbonyl (C=O) groups excluding carboxylic acids is 1. The molecule has 2 nitrogen and oxygen atoms in total. The lowest BCUT2D eigenvalue weighted by Crippen LogP contribution is -2.05. The number of carbonyl (C=O) groups is 1. The Labute approximate surface area is 265 Å². The van der Waals surface area contributed by atoms with Gasteiger partial charge < -0.3 is 4.74 Å². The van der Waals surface area contributed by atoms with Crippen molar-refractivity contribution in [2.24, 2.45) is 0 Å². The highest BCUT2D eigenvalue weighted by molar-refractivity contribution is 5.69. The van der Waals surface area contributed by atoms with E-state index in [0.29, 0.717) is 13.0 Å². The van der Waals surface area contributed by atoms with Crippen molar-refractivity contribution < 1.29 is 9.53 Å². The van der Waals surface area contributed by atoms with Gasteiger partial charge in [0.05, 0.1) is 6.61 Å². The zero-order valence-corrected chi connectivity index (χ0v) is 29.0. The third kappa shape index (κ3) is 37.0. The summed E-state index contributed by atoms with van der Waals surface area (Å²) in [5.74, 6) is 0.0174. The van der Waals surface area contributed by atoms with Gasteiger partial charge in [0, 0.05) is 6.42 Å². The van der Waals surface area contributed by atoms with Crippen LogP contribution in [0, 0.1) is 0 Å². The first-order valence-electron chi connectivity index (χ1n) is 19.3. The molecule has 0 fully saturated rings. The molecular formula is C40H76O2. The van der Waals surface area contributed by atoms with Crippen molar-refractivity contribution >= 4 is 5.97 Å². The predicted molar refractivity (Wildman–Crippen MR) is 188 cm³/mol. The van der Waals surface area contributed by atoms with Crippen LogP contribution in [0.5, 0.6) is 0 Å². The van der Waals surface area contributed by atoms with E-state index >= 15 is 0 Å². The molecule has 0 rings (SSSR count). The Bertz CT molecular complexity index is 564. The van der Waals surface area contributed by atoms with E-state index in [1.165, 1.54) is 186 Å². The summed E-state index contributed by atoms with van der Waals surface area (Å²) in [6.07, 6.45) is 51.1. The molecule has 0 saturated heterocycles. The van der Waals surface area contributed by atoms with Crippen molar-refractivity contribution in [1.82, 2.24) is 0 Å². The van der Waals surface area contributed by atoms with E-state index in [9.17, 15) is 4.79 Å². The van der Waals surface area contributed by atoms with Gasteiger partial charge in [-0.05, 0) is 64.2 Å². The van der Waals surface area contributed by atoms with Crippen LogP contribution in [0.4, 0.5) is 0 Å². The van der Waals surface area contributed by atoms with Crippen LogP contribution in [0.25, 0.3) is 0 Å². The minimum absolute atomic E-state index is 0.0174. The second kappa shape index (κ2) is 38.0. The first-order chi connectivity index (χ1) is 20.8. The molecule has 0 aliphatic rings. The summed E-state index contributed by atoms with van der Waals surface area (Å²) in [7, 11) is 0. The van der Waals surface area contributed by atoms with Gasteiger partial charge >= 0.3 is 5.97 Å². The molecule has 0 atom stereocenters. The fourth-order valence-corrected chi connectivity index (χ4v) is 5.65. The maximum Gasteiger partial charge on any atom is 0.305 e. The van der Waals surface area contributed by atoms with Crippen molar-refractivity contribution in [3.05, 3.63) is 24.3 Å². The molecule has 0 heterocycles. The van der Waals surface area contributed by atoms with Gasteiger partial charge in [0.25, 0.3) is 0 Å². The van der Waals surface area contributed by atoms with Crippen LogP contribution >= 0.6 is 0 Å². The number of esters is 1. The lowest BCUT2D eigenvalue weighted by Gasteiger charge is -2.05. The van der Waals surface area contributed by atoms with Gasteiger partial charge in [0.1, 0.15) is 0 Å². The second-order valence-electron chi connectivity index (χ2n) is 12.9. The number of unbranched alkanes of at least 4 members (excludes halogenated alkanes) is 27. The maximum absolute atomic E-state index is 12.0. The van der Waals surface area contributed by atoms with Gasteiger partial charge in [-0.25, -0.2) is 0 Å². The fraction of sp³-hybridized carbons (Fsp3) is 0.875. The van der Waals surface area contributed by atoms with Crippen LogP contribution in [-0.4, -0.2) is 12.6 Å². The van der Waals surface area contributed by atoms with E-state index < -0.39 is 0 Å². The van der Waals surface area contributed by atoms with E-state index in [1.54, 1.807) is 0 Å². The van der Waals surface area contributed by atoms with E-state index in [4.69, 9.17) is 4.74 Å². The minimum atomic E-state index is 0.0174. The highest BCUT2D eigenvalue weighted by Crippen LogP contribution is 2.13. The van der Waals surface area contributed by atoms with Crippen molar-refractivity contribution in [3.8, 4) is 0 Å². The summed E-state index contributed by atoms with van der Waals surface area (Å²) in [4.78, 5) is 12.0. The van der Waals surface area contributed by atoms with Crippen molar-refractivity contribution in [2.45, 2.75) is 219 Å². The molecule has 42 heavy (non-hydrogen) atoms. The molecule has 0 amide bonds. The third-order valence-corrected chi connectivity index (χ3v) is 8.56. The lowest BCUT2D eigenvalue weighted by molar-refractivity contribution is -0.143. The summed E-state index contributed by atoms with van der Waals surface area (Å²) in [5, 5.41) is 0. The Morgan fingerprint density at radius 3 is 1.02 bits per heavy atom. The average Bonchev–Trinajstić information content (AvgIpc) is 3.00.